The predicted octanol–water partition coefficient (Wildman–Crippen LogP) is 9.10. The summed E-state index contributed by atoms with van der Waals surface area (Å²) < 4.78 is 26.3. The molecule has 0 spiro atoms. The van der Waals surface area contributed by atoms with Crippen LogP contribution in [0.25, 0.3) is 0 Å². The van der Waals surface area contributed by atoms with Gasteiger partial charge in [0.15, 0.2) is 6.10 Å². The topological polar surface area (TPSA) is 177 Å². The molecule has 0 saturated heterocycles. The van der Waals surface area contributed by atoms with E-state index >= 15 is 0 Å². The van der Waals surface area contributed by atoms with Crippen molar-refractivity contribution in [1.82, 2.24) is 0 Å². The molecule has 0 aliphatic heterocycles. The molecule has 55 heavy (non-hydrogen) atoms. The number of carbonyl (C=O) groups excluding carboxylic acids is 3. The Morgan fingerprint density at radius 3 is 2.02 bits per heavy atom. The first-order valence-electron chi connectivity index (χ1n) is 20.7. The van der Waals surface area contributed by atoms with Crippen molar-refractivity contribution in [2.24, 2.45) is 11.8 Å². The van der Waals surface area contributed by atoms with Gasteiger partial charge in [-0.15, -0.1) is 0 Å². The number of unbranched alkanes of at least 4 members (excludes halogenated alkanes) is 10. The van der Waals surface area contributed by atoms with Gasteiger partial charge in [0.2, 0.25) is 0 Å². The van der Waals surface area contributed by atoms with E-state index in [1.165, 1.54) is 19.3 Å². The lowest BCUT2D eigenvalue weighted by Crippen LogP contribution is -2.29. The number of ketones is 1. The standard InChI is InChI=1S/C43H71O11P/c1-3-5-7-8-9-10-11-12-13-14-15-16-17-18-19-20-26-30-43(48)54-37(35-53-55(49,50)51)34-52-42(47)29-25-22-21-24-28-38-39(41(46)33-40(38)45)32-31-36(44)27-23-6-4-2/h9-10,12-13,15-16,21,24,31-32,36-39,41,44,46H,3-8,11,14,17-20,22-23,25-30,33-35H2,1-2H3,(H2,49,50,51)/b10-9-,13-12-,16-15-,24-21-,32-31+/t36-,37+,38+,39+,41+/m0/s1. The van der Waals surface area contributed by atoms with Gasteiger partial charge in [-0.1, -0.05) is 120 Å². The van der Waals surface area contributed by atoms with Crippen molar-refractivity contribution in [3.63, 3.8) is 0 Å². The molecule has 5 atom stereocenters. The molecule has 0 aromatic heterocycles. The Kier molecular flexibility index (Phi) is 29.7. The van der Waals surface area contributed by atoms with E-state index in [1.54, 1.807) is 12.2 Å². The van der Waals surface area contributed by atoms with Crippen LogP contribution >= 0.6 is 7.82 Å². The zero-order chi connectivity index (χ0) is 40.6. The smallest absolute Gasteiger partial charge is 0.462 e. The fourth-order valence-corrected chi connectivity index (χ4v) is 6.54. The number of rotatable bonds is 33. The minimum absolute atomic E-state index is 0.0107. The van der Waals surface area contributed by atoms with E-state index < -0.39 is 51.3 Å². The number of Topliss-reactive ketones (excluding diaryl/α,β-unsaturated/α-hetero) is 1. The van der Waals surface area contributed by atoms with Crippen molar-refractivity contribution in [2.75, 3.05) is 13.2 Å². The second kappa shape index (κ2) is 32.4. The van der Waals surface area contributed by atoms with Gasteiger partial charge in [-0.05, 0) is 70.6 Å². The van der Waals surface area contributed by atoms with Gasteiger partial charge >= 0.3 is 19.8 Å². The summed E-state index contributed by atoms with van der Waals surface area (Å²) in [4.78, 5) is 55.5. The lowest BCUT2D eigenvalue weighted by atomic mass is 9.90. The maximum atomic E-state index is 12.5. The van der Waals surface area contributed by atoms with E-state index in [-0.39, 0.29) is 36.9 Å². The van der Waals surface area contributed by atoms with E-state index in [0.717, 1.165) is 64.2 Å². The molecule has 314 valence electrons. The third-order valence-corrected chi connectivity index (χ3v) is 9.86. The molecule has 0 unspecified atom stereocenters. The number of aliphatic hydroxyl groups excluding tert-OH is 2. The molecule has 4 N–H and O–H groups in total. The number of aliphatic hydroxyl groups is 2. The summed E-state index contributed by atoms with van der Waals surface area (Å²) in [5.41, 5.74) is 0. The van der Waals surface area contributed by atoms with E-state index in [1.807, 2.05) is 12.2 Å². The molecule has 1 saturated carbocycles. The molecule has 1 rings (SSSR count). The normalized spacial score (nSPS) is 19.2. The predicted molar refractivity (Wildman–Crippen MR) is 217 cm³/mol. The molecule has 0 radical (unpaired) electrons. The molecule has 12 heteroatoms. The minimum atomic E-state index is -4.83. The number of phosphoric acid groups is 1. The van der Waals surface area contributed by atoms with Crippen molar-refractivity contribution >= 4 is 25.5 Å². The monoisotopic (exact) mass is 794 g/mol. The zero-order valence-electron chi connectivity index (χ0n) is 33.5. The third-order valence-electron chi connectivity index (χ3n) is 9.38. The van der Waals surface area contributed by atoms with E-state index in [0.29, 0.717) is 32.1 Å². The van der Waals surface area contributed by atoms with Crippen LogP contribution in [0.1, 0.15) is 149 Å². The summed E-state index contributed by atoms with van der Waals surface area (Å²) in [5, 5.41) is 20.6. The number of hydrogen-bond donors (Lipinski definition) is 4. The largest absolute Gasteiger partial charge is 0.469 e. The number of hydrogen-bond acceptors (Lipinski definition) is 9. The van der Waals surface area contributed by atoms with Gasteiger partial charge in [0, 0.05) is 31.1 Å². The van der Waals surface area contributed by atoms with Crippen LogP contribution in [0.5, 0.6) is 0 Å². The van der Waals surface area contributed by atoms with Crippen LogP contribution < -0.4 is 0 Å². The Labute approximate surface area is 330 Å². The fourth-order valence-electron chi connectivity index (χ4n) is 6.18. The molecule has 0 aromatic carbocycles. The summed E-state index contributed by atoms with van der Waals surface area (Å²) in [6.45, 7) is 3.29. The summed E-state index contributed by atoms with van der Waals surface area (Å²) >= 11 is 0. The van der Waals surface area contributed by atoms with Gasteiger partial charge in [0.25, 0.3) is 0 Å². The Balaban J connectivity index is 2.32. The second-order valence-corrected chi connectivity index (χ2v) is 15.6. The van der Waals surface area contributed by atoms with Gasteiger partial charge in [-0.25, -0.2) is 4.57 Å². The Morgan fingerprint density at radius 1 is 0.764 bits per heavy atom. The lowest BCUT2D eigenvalue weighted by molar-refractivity contribution is -0.161. The number of allylic oxidation sites excluding steroid dienone is 8. The average Bonchev–Trinajstić information content (AvgIpc) is 3.41. The van der Waals surface area contributed by atoms with E-state index in [2.05, 4.69) is 54.8 Å². The molecule has 1 aliphatic carbocycles. The highest BCUT2D eigenvalue weighted by molar-refractivity contribution is 7.46. The molecule has 0 aromatic rings. The first-order valence-corrected chi connectivity index (χ1v) is 22.2. The van der Waals surface area contributed by atoms with Gasteiger partial charge in [0.05, 0.1) is 18.8 Å². The van der Waals surface area contributed by atoms with Gasteiger partial charge in [0.1, 0.15) is 12.4 Å². The Bertz CT molecular complexity index is 1230. The maximum absolute atomic E-state index is 12.5. The average molecular weight is 795 g/mol. The van der Waals surface area contributed by atoms with E-state index in [9.17, 15) is 29.2 Å². The molecule has 1 aliphatic rings. The molecular formula is C43H71O11P. The quantitative estimate of drug-likeness (QED) is 0.0216. The molecule has 0 heterocycles. The van der Waals surface area contributed by atoms with Crippen LogP contribution in [0, 0.1) is 11.8 Å². The van der Waals surface area contributed by atoms with Crippen LogP contribution in [0.15, 0.2) is 60.8 Å². The third kappa shape index (κ3) is 28.4. The molecule has 11 nitrogen and oxygen atoms in total. The van der Waals surface area contributed by atoms with Crippen molar-refractivity contribution in [2.45, 2.75) is 167 Å². The van der Waals surface area contributed by atoms with Crippen LogP contribution in [0.2, 0.25) is 0 Å². The number of carbonyl (C=O) groups is 3. The van der Waals surface area contributed by atoms with Crippen LogP contribution in [-0.4, -0.2) is 69.2 Å². The van der Waals surface area contributed by atoms with Gasteiger partial charge in [-0.3, -0.25) is 18.9 Å². The number of esters is 2. The molecule has 1 fully saturated rings. The van der Waals surface area contributed by atoms with Crippen molar-refractivity contribution < 1.29 is 52.9 Å². The molecular weight excluding hydrogens is 723 g/mol. The Morgan fingerprint density at radius 2 is 1.35 bits per heavy atom. The van der Waals surface area contributed by atoms with Crippen molar-refractivity contribution in [1.29, 1.82) is 0 Å². The van der Waals surface area contributed by atoms with Gasteiger partial charge in [-0.2, -0.15) is 0 Å². The van der Waals surface area contributed by atoms with Crippen LogP contribution in [0.3, 0.4) is 0 Å². The highest BCUT2D eigenvalue weighted by Crippen LogP contribution is 2.36. The minimum Gasteiger partial charge on any atom is -0.462 e. The fraction of sp³-hybridized carbons (Fsp3) is 0.698. The SMILES string of the molecule is CCCCC/C=C\C/C=C\C/C=C\CCCCCCC(=O)O[C@H](COC(=O)CCC/C=C\C[C@H]1C(=O)C[C@@H](O)[C@@H]1/C=C/[C@@H](O)CCCCC)COP(=O)(O)O. The second-order valence-electron chi connectivity index (χ2n) is 14.4. The number of phosphoric ester groups is 1. The van der Waals surface area contributed by atoms with Crippen molar-refractivity contribution in [3.8, 4) is 0 Å². The van der Waals surface area contributed by atoms with Crippen molar-refractivity contribution in [3.05, 3.63) is 60.8 Å². The van der Waals surface area contributed by atoms with Crippen LogP contribution in [0.4, 0.5) is 0 Å². The summed E-state index contributed by atoms with van der Waals surface area (Å²) in [6, 6.07) is 0. The summed E-state index contributed by atoms with van der Waals surface area (Å²) in [5.74, 6) is -1.84. The first-order chi connectivity index (χ1) is 26.5. The lowest BCUT2D eigenvalue weighted by Gasteiger charge is -2.18. The maximum Gasteiger partial charge on any atom is 0.469 e. The highest BCUT2D eigenvalue weighted by atomic mass is 31.2. The van der Waals surface area contributed by atoms with Gasteiger partial charge < -0.3 is 29.5 Å². The number of ether oxygens (including phenoxy) is 2. The first kappa shape index (κ1) is 50.4. The summed E-state index contributed by atoms with van der Waals surface area (Å²) in [7, 11) is -4.83. The van der Waals surface area contributed by atoms with Crippen LogP contribution in [-0.2, 0) is 32.9 Å². The highest BCUT2D eigenvalue weighted by Gasteiger charge is 2.39. The zero-order valence-corrected chi connectivity index (χ0v) is 34.4. The molecule has 0 bridgehead atoms. The Hall–Kier alpha value is -2.66. The molecule has 0 amide bonds. The van der Waals surface area contributed by atoms with E-state index in [4.69, 9.17) is 19.3 Å². The summed E-state index contributed by atoms with van der Waals surface area (Å²) in [6.07, 6.45) is 34.5.